The van der Waals surface area contributed by atoms with Crippen LogP contribution in [0.15, 0.2) is 0 Å². The normalized spacial score (nSPS) is 36.3. The molecule has 142 valence electrons. The smallest absolute Gasteiger partial charge is 0.222 e. The van der Waals surface area contributed by atoms with Crippen LogP contribution in [-0.2, 0) is 9.53 Å². The molecule has 0 aromatic carbocycles. The highest BCUT2D eigenvalue weighted by molar-refractivity contribution is 5.78. The van der Waals surface area contributed by atoms with Gasteiger partial charge in [-0.15, -0.1) is 0 Å². The molecule has 4 rings (SSSR count). The zero-order valence-corrected chi connectivity index (χ0v) is 15.5. The standard InChI is InChI=1S/C19H33N3O3/c1-2-25-18(24)21-11-7-19(14-21)12-16(13-19)20-9-5-15(6-10-20)22-8-3-4-17(22)23/h15-16,18,24H,2-14H2,1H3. The van der Waals surface area contributed by atoms with Crippen LogP contribution in [0.2, 0.25) is 0 Å². The molecule has 6 heteroatoms. The summed E-state index contributed by atoms with van der Waals surface area (Å²) in [5.41, 5.74) is 0.407. The van der Waals surface area contributed by atoms with Gasteiger partial charge in [0.25, 0.3) is 0 Å². The maximum atomic E-state index is 11.9. The first-order valence-electron chi connectivity index (χ1n) is 10.2. The molecule has 1 N–H and O–H groups in total. The fourth-order valence-corrected chi connectivity index (χ4v) is 5.56. The second-order valence-corrected chi connectivity index (χ2v) is 8.52. The quantitative estimate of drug-likeness (QED) is 0.756. The zero-order chi connectivity index (χ0) is 17.4. The molecule has 0 radical (unpaired) electrons. The van der Waals surface area contributed by atoms with Crippen molar-refractivity contribution in [2.24, 2.45) is 5.41 Å². The van der Waals surface area contributed by atoms with Gasteiger partial charge in [0.05, 0.1) is 0 Å². The Kier molecular flexibility index (Phi) is 5.06. The molecule has 1 aliphatic carbocycles. The largest absolute Gasteiger partial charge is 0.356 e. The maximum Gasteiger partial charge on any atom is 0.222 e. The van der Waals surface area contributed by atoms with E-state index in [0.29, 0.717) is 30.0 Å². The van der Waals surface area contributed by atoms with Crippen molar-refractivity contribution in [3.8, 4) is 0 Å². The van der Waals surface area contributed by atoms with Crippen molar-refractivity contribution in [2.45, 2.75) is 70.4 Å². The SMILES string of the molecule is CCOC(O)N1CCC2(CC(N3CCC(N4CCCC4=O)CC3)C2)C1. The summed E-state index contributed by atoms with van der Waals surface area (Å²) in [4.78, 5) is 18.8. The number of carbonyl (C=O) groups excluding carboxylic acids is 1. The van der Waals surface area contributed by atoms with Crippen LogP contribution in [0.5, 0.6) is 0 Å². The topological polar surface area (TPSA) is 56.3 Å². The van der Waals surface area contributed by atoms with E-state index in [2.05, 4.69) is 14.7 Å². The minimum absolute atomic E-state index is 0.375. The molecule has 25 heavy (non-hydrogen) atoms. The van der Waals surface area contributed by atoms with E-state index < -0.39 is 6.41 Å². The average Bonchev–Trinajstić information content (AvgIpc) is 3.21. The predicted molar refractivity (Wildman–Crippen MR) is 94.8 cm³/mol. The van der Waals surface area contributed by atoms with E-state index >= 15 is 0 Å². The molecular formula is C19H33N3O3. The number of rotatable bonds is 5. The first-order chi connectivity index (χ1) is 12.1. The molecule has 1 amide bonds. The van der Waals surface area contributed by atoms with Crippen molar-refractivity contribution in [2.75, 3.05) is 39.3 Å². The third-order valence-corrected chi connectivity index (χ3v) is 7.00. The highest BCUT2D eigenvalue weighted by Crippen LogP contribution is 2.50. The van der Waals surface area contributed by atoms with Gasteiger partial charge >= 0.3 is 0 Å². The lowest BCUT2D eigenvalue weighted by Crippen LogP contribution is -2.56. The molecule has 1 spiro atoms. The van der Waals surface area contributed by atoms with Crippen molar-refractivity contribution >= 4 is 5.91 Å². The Hall–Kier alpha value is -0.690. The third kappa shape index (κ3) is 3.46. The van der Waals surface area contributed by atoms with Crippen LogP contribution in [-0.4, -0.2) is 83.5 Å². The van der Waals surface area contributed by atoms with E-state index in [1.165, 1.54) is 19.3 Å². The first kappa shape index (κ1) is 17.7. The van der Waals surface area contributed by atoms with Crippen molar-refractivity contribution < 1.29 is 14.6 Å². The Balaban J connectivity index is 1.22. The summed E-state index contributed by atoms with van der Waals surface area (Å²) in [6, 6.07) is 1.20. The predicted octanol–water partition coefficient (Wildman–Crippen LogP) is 1.24. The van der Waals surface area contributed by atoms with Crippen LogP contribution in [0.25, 0.3) is 0 Å². The molecule has 1 unspecified atom stereocenters. The third-order valence-electron chi connectivity index (χ3n) is 7.00. The molecule has 0 bridgehead atoms. The summed E-state index contributed by atoms with van der Waals surface area (Å²) in [5, 5.41) is 10.0. The van der Waals surface area contributed by atoms with Crippen molar-refractivity contribution in [1.82, 2.24) is 14.7 Å². The minimum atomic E-state index is -0.725. The Labute approximate surface area is 151 Å². The highest BCUT2D eigenvalue weighted by Gasteiger charge is 2.51. The number of hydrogen-bond donors (Lipinski definition) is 1. The van der Waals surface area contributed by atoms with E-state index in [4.69, 9.17) is 4.74 Å². The van der Waals surface area contributed by atoms with Gasteiger partial charge in [-0.25, -0.2) is 0 Å². The number of hydrogen-bond acceptors (Lipinski definition) is 5. The monoisotopic (exact) mass is 351 g/mol. The highest BCUT2D eigenvalue weighted by atomic mass is 16.6. The van der Waals surface area contributed by atoms with Gasteiger partial charge in [-0.3, -0.25) is 9.69 Å². The number of nitrogens with zero attached hydrogens (tertiary/aromatic N) is 3. The molecule has 0 aromatic heterocycles. The van der Waals surface area contributed by atoms with Gasteiger partial charge in [0.15, 0.2) is 0 Å². The Morgan fingerprint density at radius 1 is 1.20 bits per heavy atom. The van der Waals surface area contributed by atoms with Gasteiger partial charge in [-0.05, 0) is 50.9 Å². The Morgan fingerprint density at radius 3 is 2.60 bits per heavy atom. The van der Waals surface area contributed by atoms with E-state index in [1.54, 1.807) is 0 Å². The molecule has 6 nitrogen and oxygen atoms in total. The number of carbonyl (C=O) groups is 1. The van der Waals surface area contributed by atoms with Crippen LogP contribution in [0.4, 0.5) is 0 Å². The molecule has 0 aromatic rings. The number of ether oxygens (including phenoxy) is 1. The number of likely N-dealkylation sites (tertiary alicyclic amines) is 3. The van der Waals surface area contributed by atoms with Gasteiger partial charge in [0.2, 0.25) is 12.3 Å². The summed E-state index contributed by atoms with van der Waals surface area (Å²) < 4.78 is 5.34. The fraction of sp³-hybridized carbons (Fsp3) is 0.947. The molecule has 3 heterocycles. The summed E-state index contributed by atoms with van der Waals surface area (Å²) in [7, 11) is 0. The summed E-state index contributed by atoms with van der Waals surface area (Å²) in [6.07, 6.45) is 7.08. The molecule has 4 fully saturated rings. The van der Waals surface area contributed by atoms with E-state index in [1.807, 2.05) is 6.92 Å². The zero-order valence-electron chi connectivity index (χ0n) is 15.5. The summed E-state index contributed by atoms with van der Waals surface area (Å²) in [6.45, 7) is 7.67. The second-order valence-electron chi connectivity index (χ2n) is 8.52. The Bertz CT molecular complexity index is 486. The first-order valence-corrected chi connectivity index (χ1v) is 10.2. The van der Waals surface area contributed by atoms with Gasteiger partial charge in [0, 0.05) is 57.8 Å². The van der Waals surface area contributed by atoms with Gasteiger partial charge in [0.1, 0.15) is 0 Å². The average molecular weight is 351 g/mol. The Morgan fingerprint density at radius 2 is 1.96 bits per heavy atom. The minimum Gasteiger partial charge on any atom is -0.356 e. The van der Waals surface area contributed by atoms with Gasteiger partial charge in [-0.1, -0.05) is 0 Å². The van der Waals surface area contributed by atoms with Crippen molar-refractivity contribution in [3.63, 3.8) is 0 Å². The van der Waals surface area contributed by atoms with E-state index in [9.17, 15) is 9.90 Å². The summed E-state index contributed by atoms with van der Waals surface area (Å²) in [5.74, 6) is 0.375. The molecule has 1 saturated carbocycles. The number of aliphatic hydroxyl groups is 1. The lowest BCUT2D eigenvalue weighted by molar-refractivity contribution is -0.188. The lowest BCUT2D eigenvalue weighted by atomic mass is 9.64. The van der Waals surface area contributed by atoms with E-state index in [0.717, 1.165) is 58.4 Å². The van der Waals surface area contributed by atoms with Crippen molar-refractivity contribution in [3.05, 3.63) is 0 Å². The van der Waals surface area contributed by atoms with Crippen LogP contribution < -0.4 is 0 Å². The number of amides is 1. The molecular weight excluding hydrogens is 318 g/mol. The second kappa shape index (κ2) is 7.14. The fourth-order valence-electron chi connectivity index (χ4n) is 5.56. The maximum absolute atomic E-state index is 11.9. The lowest BCUT2D eigenvalue weighted by Gasteiger charge is -2.52. The number of piperidine rings is 1. The van der Waals surface area contributed by atoms with Crippen LogP contribution in [0, 0.1) is 5.41 Å². The molecule has 1 atom stereocenters. The van der Waals surface area contributed by atoms with Crippen LogP contribution in [0.1, 0.15) is 51.9 Å². The van der Waals surface area contributed by atoms with Gasteiger partial charge in [-0.2, -0.15) is 0 Å². The molecule has 4 aliphatic rings. The van der Waals surface area contributed by atoms with Crippen LogP contribution in [0.3, 0.4) is 0 Å². The van der Waals surface area contributed by atoms with Gasteiger partial charge < -0.3 is 19.6 Å². The molecule has 3 saturated heterocycles. The summed E-state index contributed by atoms with van der Waals surface area (Å²) >= 11 is 0. The molecule has 3 aliphatic heterocycles. The van der Waals surface area contributed by atoms with Crippen LogP contribution >= 0.6 is 0 Å². The van der Waals surface area contributed by atoms with Crippen molar-refractivity contribution in [1.29, 1.82) is 0 Å². The van der Waals surface area contributed by atoms with E-state index in [-0.39, 0.29) is 0 Å². The number of aliphatic hydroxyl groups excluding tert-OH is 1.